The molecular formula is C35H34Cl2F3N3O4S. The van der Waals surface area contributed by atoms with E-state index < -0.39 is 46.2 Å². The third-order valence-electron chi connectivity index (χ3n) is 7.36. The highest BCUT2D eigenvalue weighted by atomic mass is 35.5. The van der Waals surface area contributed by atoms with Gasteiger partial charge in [0.25, 0.3) is 10.0 Å². The van der Waals surface area contributed by atoms with Crippen LogP contribution in [0.15, 0.2) is 108 Å². The van der Waals surface area contributed by atoms with Crippen LogP contribution < -0.4 is 9.62 Å². The molecule has 254 valence electrons. The van der Waals surface area contributed by atoms with Crippen molar-refractivity contribution >= 4 is 50.7 Å². The predicted octanol–water partition coefficient (Wildman–Crippen LogP) is 7.62. The van der Waals surface area contributed by atoms with Crippen LogP contribution in [0, 0.1) is 5.92 Å². The highest BCUT2D eigenvalue weighted by molar-refractivity contribution is 7.92. The number of nitrogens with one attached hydrogen (secondary N) is 1. The minimum absolute atomic E-state index is 0.0623. The van der Waals surface area contributed by atoms with Gasteiger partial charge in [-0.3, -0.25) is 13.9 Å². The molecule has 0 bridgehead atoms. The van der Waals surface area contributed by atoms with Crippen molar-refractivity contribution < 1.29 is 31.2 Å². The second-order valence-corrected chi connectivity index (χ2v) is 14.2. The molecule has 0 radical (unpaired) electrons. The number of sulfonamides is 1. The van der Waals surface area contributed by atoms with Crippen LogP contribution in [0.1, 0.15) is 30.5 Å². The molecule has 1 N–H and O–H groups in total. The summed E-state index contributed by atoms with van der Waals surface area (Å²) < 4.78 is 70.0. The summed E-state index contributed by atoms with van der Waals surface area (Å²) in [5, 5.41) is 3.33. The van der Waals surface area contributed by atoms with Crippen LogP contribution in [0.4, 0.5) is 18.9 Å². The number of hydrogen-bond donors (Lipinski definition) is 1. The Kier molecular flexibility index (Phi) is 12.2. The fourth-order valence-corrected chi connectivity index (χ4v) is 6.64. The molecule has 0 aliphatic heterocycles. The maximum absolute atomic E-state index is 14.5. The van der Waals surface area contributed by atoms with E-state index in [1.165, 1.54) is 47.4 Å². The van der Waals surface area contributed by atoms with E-state index in [1.807, 2.05) is 13.8 Å². The quantitative estimate of drug-likeness (QED) is 0.154. The predicted molar refractivity (Wildman–Crippen MR) is 181 cm³/mol. The number of benzene rings is 4. The first-order valence-electron chi connectivity index (χ1n) is 15.0. The normalized spacial score (nSPS) is 12.4. The summed E-state index contributed by atoms with van der Waals surface area (Å²) in [5.74, 6) is -1.24. The van der Waals surface area contributed by atoms with Gasteiger partial charge in [-0.2, -0.15) is 13.2 Å². The summed E-state index contributed by atoms with van der Waals surface area (Å²) in [6, 6.07) is 23.3. The van der Waals surface area contributed by atoms with E-state index in [9.17, 15) is 31.2 Å². The summed E-state index contributed by atoms with van der Waals surface area (Å²) in [6.07, 6.45) is -4.72. The molecule has 48 heavy (non-hydrogen) atoms. The molecule has 13 heteroatoms. The van der Waals surface area contributed by atoms with Crippen molar-refractivity contribution in [3.05, 3.63) is 130 Å². The van der Waals surface area contributed by atoms with Gasteiger partial charge in [0.15, 0.2) is 0 Å². The van der Waals surface area contributed by atoms with E-state index in [1.54, 1.807) is 42.5 Å². The molecule has 0 aliphatic rings. The number of halogens is 5. The molecule has 4 aromatic rings. The standard InChI is InChI=1S/C35H34Cl2F3N3O4S/c1-24(2)21-41-34(45)32(19-25-10-5-3-6-11-25)42(22-26-16-17-30(36)31(37)18-26)33(44)23-43(48(46,47)29-14-7-4-8-15-29)28-13-9-12-27(20-28)35(38,39)40/h3-18,20,24,32H,19,21-23H2,1-2H3,(H,41,45)/t32-/m0/s1. The van der Waals surface area contributed by atoms with Gasteiger partial charge in [-0.25, -0.2) is 8.42 Å². The van der Waals surface area contributed by atoms with Crippen molar-refractivity contribution in [3.8, 4) is 0 Å². The Morgan fingerprint density at radius 1 is 0.812 bits per heavy atom. The zero-order chi connectivity index (χ0) is 35.1. The Hall–Kier alpha value is -4.06. The monoisotopic (exact) mass is 719 g/mol. The Morgan fingerprint density at radius 2 is 1.46 bits per heavy atom. The SMILES string of the molecule is CC(C)CNC(=O)[C@H](Cc1ccccc1)N(Cc1ccc(Cl)c(Cl)c1)C(=O)CN(c1cccc(C(F)(F)F)c1)S(=O)(=O)c1ccccc1. The average molecular weight is 721 g/mol. The van der Waals surface area contributed by atoms with E-state index >= 15 is 0 Å². The molecule has 0 spiro atoms. The maximum atomic E-state index is 14.5. The average Bonchev–Trinajstić information content (AvgIpc) is 3.06. The topological polar surface area (TPSA) is 86.8 Å². The largest absolute Gasteiger partial charge is 0.416 e. The maximum Gasteiger partial charge on any atom is 0.416 e. The van der Waals surface area contributed by atoms with Gasteiger partial charge in [0, 0.05) is 19.5 Å². The van der Waals surface area contributed by atoms with Crippen LogP contribution in [0.2, 0.25) is 10.0 Å². The third-order valence-corrected chi connectivity index (χ3v) is 9.89. The molecule has 4 rings (SSSR count). The third kappa shape index (κ3) is 9.52. The number of amides is 2. The van der Waals surface area contributed by atoms with Gasteiger partial charge in [-0.05, 0) is 59.5 Å². The van der Waals surface area contributed by atoms with Crippen LogP contribution in [0.3, 0.4) is 0 Å². The molecule has 4 aromatic carbocycles. The van der Waals surface area contributed by atoms with Crippen molar-refractivity contribution in [1.29, 1.82) is 0 Å². The fourth-order valence-electron chi connectivity index (χ4n) is 4.90. The van der Waals surface area contributed by atoms with E-state index in [2.05, 4.69) is 5.32 Å². The molecule has 1 atom stereocenters. The molecule has 0 unspecified atom stereocenters. The number of hydrogen-bond acceptors (Lipinski definition) is 4. The number of anilines is 1. The van der Waals surface area contributed by atoms with Crippen LogP contribution in [0.25, 0.3) is 0 Å². The number of carbonyl (C=O) groups is 2. The second kappa shape index (κ2) is 15.9. The fraction of sp³-hybridized carbons (Fsp3) is 0.257. The number of carbonyl (C=O) groups excluding carboxylic acids is 2. The van der Waals surface area contributed by atoms with Gasteiger partial charge in [-0.1, -0.05) is 97.7 Å². The zero-order valence-electron chi connectivity index (χ0n) is 26.1. The summed E-state index contributed by atoms with van der Waals surface area (Å²) >= 11 is 12.4. The Labute approximate surface area is 288 Å². The highest BCUT2D eigenvalue weighted by Gasteiger charge is 2.36. The van der Waals surface area contributed by atoms with Gasteiger partial charge < -0.3 is 10.2 Å². The second-order valence-electron chi connectivity index (χ2n) is 11.5. The van der Waals surface area contributed by atoms with Crippen molar-refractivity contribution in [2.45, 2.75) is 43.9 Å². The molecule has 0 saturated carbocycles. The lowest BCUT2D eigenvalue weighted by Gasteiger charge is -2.34. The van der Waals surface area contributed by atoms with Crippen LogP contribution in [-0.2, 0) is 38.8 Å². The first-order chi connectivity index (χ1) is 22.7. The van der Waals surface area contributed by atoms with Gasteiger partial charge in [0.2, 0.25) is 11.8 Å². The van der Waals surface area contributed by atoms with Crippen LogP contribution in [-0.4, -0.2) is 44.3 Å². The smallest absolute Gasteiger partial charge is 0.354 e. The summed E-state index contributed by atoms with van der Waals surface area (Å²) in [5.41, 5.74) is -0.256. The van der Waals surface area contributed by atoms with Crippen molar-refractivity contribution in [2.24, 2.45) is 5.92 Å². The lowest BCUT2D eigenvalue weighted by atomic mass is 10.0. The Bertz CT molecular complexity index is 1830. The van der Waals surface area contributed by atoms with E-state index in [4.69, 9.17) is 23.2 Å². The first kappa shape index (κ1) is 36.8. The van der Waals surface area contributed by atoms with Gasteiger partial charge >= 0.3 is 6.18 Å². The molecule has 0 aromatic heterocycles. The molecular weight excluding hydrogens is 686 g/mol. The molecule has 0 saturated heterocycles. The summed E-state index contributed by atoms with van der Waals surface area (Å²) in [4.78, 5) is 29.3. The van der Waals surface area contributed by atoms with Gasteiger partial charge in [-0.15, -0.1) is 0 Å². The lowest BCUT2D eigenvalue weighted by molar-refractivity contribution is -0.140. The number of alkyl halides is 3. The van der Waals surface area contributed by atoms with Crippen molar-refractivity contribution in [1.82, 2.24) is 10.2 Å². The zero-order valence-corrected chi connectivity index (χ0v) is 28.5. The van der Waals surface area contributed by atoms with Crippen LogP contribution >= 0.6 is 23.2 Å². The molecule has 0 aliphatic carbocycles. The molecule has 2 amide bonds. The van der Waals surface area contributed by atoms with E-state index in [0.29, 0.717) is 22.5 Å². The molecule has 7 nitrogen and oxygen atoms in total. The van der Waals surface area contributed by atoms with Gasteiger partial charge in [0.05, 0.1) is 26.2 Å². The summed E-state index contributed by atoms with van der Waals surface area (Å²) in [6.45, 7) is 3.02. The Balaban J connectivity index is 1.84. The van der Waals surface area contributed by atoms with E-state index in [0.717, 1.165) is 17.7 Å². The number of nitrogens with zero attached hydrogens (tertiary/aromatic N) is 2. The first-order valence-corrected chi connectivity index (χ1v) is 17.2. The van der Waals surface area contributed by atoms with E-state index in [-0.39, 0.29) is 39.5 Å². The Morgan fingerprint density at radius 3 is 2.06 bits per heavy atom. The van der Waals surface area contributed by atoms with Crippen molar-refractivity contribution in [3.63, 3.8) is 0 Å². The molecule has 0 fully saturated rings. The number of rotatable bonds is 13. The van der Waals surface area contributed by atoms with Gasteiger partial charge in [0.1, 0.15) is 12.6 Å². The minimum atomic E-state index is -4.78. The van der Waals surface area contributed by atoms with Crippen LogP contribution in [0.5, 0.6) is 0 Å². The van der Waals surface area contributed by atoms with Crippen molar-refractivity contribution in [2.75, 3.05) is 17.4 Å². The summed E-state index contributed by atoms with van der Waals surface area (Å²) in [7, 11) is -4.58. The lowest BCUT2D eigenvalue weighted by Crippen LogP contribution is -2.53. The minimum Gasteiger partial charge on any atom is -0.354 e. The highest BCUT2D eigenvalue weighted by Crippen LogP contribution is 2.33. The molecule has 0 heterocycles.